The number of amides is 1. The van der Waals surface area contributed by atoms with Crippen LogP contribution in [0.25, 0.3) is 0 Å². The van der Waals surface area contributed by atoms with E-state index in [1.807, 2.05) is 11.3 Å². The van der Waals surface area contributed by atoms with Gasteiger partial charge in [0.15, 0.2) is 0 Å². The van der Waals surface area contributed by atoms with Crippen LogP contribution in [-0.2, 0) is 11.3 Å². The average Bonchev–Trinajstić information content (AvgIpc) is 2.58. The van der Waals surface area contributed by atoms with Crippen molar-refractivity contribution in [3.05, 3.63) is 21.4 Å². The lowest BCUT2D eigenvalue weighted by Gasteiger charge is -2.30. The third-order valence-corrected chi connectivity index (χ3v) is 4.54. The van der Waals surface area contributed by atoms with Crippen molar-refractivity contribution in [3.63, 3.8) is 0 Å². The SMILES string of the molecule is Cc1cc(CN2CCC(C(N)=O)CC2)c(C)s1. The Kier molecular flexibility index (Phi) is 3.84. The van der Waals surface area contributed by atoms with Gasteiger partial charge in [-0.3, -0.25) is 9.69 Å². The summed E-state index contributed by atoms with van der Waals surface area (Å²) in [7, 11) is 0. The third-order valence-electron chi connectivity index (χ3n) is 3.53. The molecule has 1 aliphatic heterocycles. The van der Waals surface area contributed by atoms with E-state index in [2.05, 4.69) is 24.8 Å². The van der Waals surface area contributed by atoms with E-state index in [1.54, 1.807) is 0 Å². The first-order valence-electron chi connectivity index (χ1n) is 6.14. The summed E-state index contributed by atoms with van der Waals surface area (Å²) in [6, 6.07) is 2.28. The first-order chi connectivity index (χ1) is 8.06. The minimum atomic E-state index is -0.132. The van der Waals surface area contributed by atoms with Crippen LogP contribution < -0.4 is 5.73 Å². The molecule has 17 heavy (non-hydrogen) atoms. The number of nitrogens with two attached hydrogens (primary N) is 1. The van der Waals surface area contributed by atoms with Gasteiger partial charge in [0.05, 0.1) is 0 Å². The fraction of sp³-hybridized carbons (Fsp3) is 0.615. The first kappa shape index (κ1) is 12.6. The lowest BCUT2D eigenvalue weighted by molar-refractivity contribution is -0.123. The predicted octanol–water partition coefficient (Wildman–Crippen LogP) is 2.06. The van der Waals surface area contributed by atoms with E-state index in [9.17, 15) is 4.79 Å². The van der Waals surface area contributed by atoms with Gasteiger partial charge in [0.2, 0.25) is 5.91 Å². The molecule has 0 bridgehead atoms. The van der Waals surface area contributed by atoms with Crippen molar-refractivity contribution in [2.24, 2.45) is 11.7 Å². The van der Waals surface area contributed by atoms with Crippen LogP contribution in [0.3, 0.4) is 0 Å². The number of carbonyl (C=O) groups excluding carboxylic acids is 1. The molecule has 4 heteroatoms. The zero-order chi connectivity index (χ0) is 12.4. The van der Waals surface area contributed by atoms with Crippen molar-refractivity contribution in [2.75, 3.05) is 13.1 Å². The zero-order valence-corrected chi connectivity index (χ0v) is 11.3. The molecule has 1 aromatic rings. The maximum Gasteiger partial charge on any atom is 0.220 e. The van der Waals surface area contributed by atoms with Gasteiger partial charge < -0.3 is 5.73 Å². The van der Waals surface area contributed by atoms with Crippen molar-refractivity contribution >= 4 is 17.2 Å². The lowest BCUT2D eigenvalue weighted by atomic mass is 9.96. The number of piperidine rings is 1. The number of aryl methyl sites for hydroxylation is 2. The molecule has 2 heterocycles. The maximum absolute atomic E-state index is 11.1. The van der Waals surface area contributed by atoms with E-state index < -0.39 is 0 Å². The largest absolute Gasteiger partial charge is 0.369 e. The maximum atomic E-state index is 11.1. The molecule has 1 amide bonds. The number of likely N-dealkylation sites (tertiary alicyclic amines) is 1. The summed E-state index contributed by atoms with van der Waals surface area (Å²) in [5, 5.41) is 0. The molecule has 1 aromatic heterocycles. The van der Waals surface area contributed by atoms with Crippen LogP contribution >= 0.6 is 11.3 Å². The Labute approximate surface area is 107 Å². The van der Waals surface area contributed by atoms with Crippen LogP contribution in [0.2, 0.25) is 0 Å². The summed E-state index contributed by atoms with van der Waals surface area (Å²) < 4.78 is 0. The third kappa shape index (κ3) is 3.07. The van der Waals surface area contributed by atoms with Crippen LogP contribution in [0.5, 0.6) is 0 Å². The molecule has 0 spiro atoms. The molecule has 94 valence electrons. The second kappa shape index (κ2) is 5.19. The molecule has 1 aliphatic rings. The van der Waals surface area contributed by atoms with Crippen molar-refractivity contribution in [3.8, 4) is 0 Å². The molecule has 2 rings (SSSR count). The summed E-state index contributed by atoms with van der Waals surface area (Å²) in [4.78, 5) is 16.3. The molecule has 0 aliphatic carbocycles. The second-order valence-electron chi connectivity index (χ2n) is 4.89. The number of thiophene rings is 1. The molecule has 0 radical (unpaired) electrons. The van der Waals surface area contributed by atoms with E-state index in [-0.39, 0.29) is 11.8 Å². The number of hydrogen-bond donors (Lipinski definition) is 1. The van der Waals surface area contributed by atoms with Gasteiger partial charge in [-0.05, 0) is 51.4 Å². The van der Waals surface area contributed by atoms with Gasteiger partial charge in [-0.15, -0.1) is 11.3 Å². The average molecular weight is 252 g/mol. The molecule has 1 fully saturated rings. The molecule has 0 unspecified atom stereocenters. The molecule has 2 N–H and O–H groups in total. The first-order valence-corrected chi connectivity index (χ1v) is 6.95. The fourth-order valence-electron chi connectivity index (χ4n) is 2.46. The minimum Gasteiger partial charge on any atom is -0.369 e. The summed E-state index contributed by atoms with van der Waals surface area (Å²) in [5.41, 5.74) is 6.77. The zero-order valence-electron chi connectivity index (χ0n) is 10.5. The van der Waals surface area contributed by atoms with Crippen LogP contribution in [0.1, 0.15) is 28.2 Å². The standard InChI is InChI=1S/C13H20N2OS/c1-9-7-12(10(2)17-9)8-15-5-3-11(4-6-15)13(14)16/h7,11H,3-6,8H2,1-2H3,(H2,14,16). The van der Waals surface area contributed by atoms with Crippen LogP contribution in [-0.4, -0.2) is 23.9 Å². The van der Waals surface area contributed by atoms with Crippen molar-refractivity contribution in [1.82, 2.24) is 4.90 Å². The molecule has 0 atom stereocenters. The van der Waals surface area contributed by atoms with Gasteiger partial charge in [-0.25, -0.2) is 0 Å². The Morgan fingerprint density at radius 1 is 1.47 bits per heavy atom. The Bertz CT molecular complexity index is 406. The number of carbonyl (C=O) groups is 1. The molecule has 0 saturated carbocycles. The van der Waals surface area contributed by atoms with Gasteiger partial charge in [0.25, 0.3) is 0 Å². The normalized spacial score (nSPS) is 18.5. The van der Waals surface area contributed by atoms with E-state index in [0.29, 0.717) is 0 Å². The van der Waals surface area contributed by atoms with E-state index in [0.717, 1.165) is 32.5 Å². The van der Waals surface area contributed by atoms with Crippen LogP contribution in [0.15, 0.2) is 6.07 Å². The minimum absolute atomic E-state index is 0.0940. The highest BCUT2D eigenvalue weighted by molar-refractivity contribution is 7.12. The summed E-state index contributed by atoms with van der Waals surface area (Å²) in [6.07, 6.45) is 1.83. The number of primary amides is 1. The summed E-state index contributed by atoms with van der Waals surface area (Å²) in [6.45, 7) is 7.33. The van der Waals surface area contributed by atoms with Gasteiger partial charge in [0.1, 0.15) is 0 Å². The van der Waals surface area contributed by atoms with Gasteiger partial charge in [-0.2, -0.15) is 0 Å². The lowest BCUT2D eigenvalue weighted by Crippen LogP contribution is -2.38. The quantitative estimate of drug-likeness (QED) is 0.895. The predicted molar refractivity (Wildman–Crippen MR) is 71.0 cm³/mol. The number of rotatable bonds is 3. The van der Waals surface area contributed by atoms with Crippen LogP contribution in [0.4, 0.5) is 0 Å². The molecule has 3 nitrogen and oxygen atoms in total. The highest BCUT2D eigenvalue weighted by atomic mass is 32.1. The van der Waals surface area contributed by atoms with Crippen molar-refractivity contribution in [1.29, 1.82) is 0 Å². The Morgan fingerprint density at radius 2 is 2.12 bits per heavy atom. The molecule has 0 aromatic carbocycles. The van der Waals surface area contributed by atoms with Crippen molar-refractivity contribution < 1.29 is 4.79 Å². The monoisotopic (exact) mass is 252 g/mol. The fourth-order valence-corrected chi connectivity index (χ4v) is 3.40. The topological polar surface area (TPSA) is 46.3 Å². The highest BCUT2D eigenvalue weighted by Crippen LogP contribution is 2.24. The van der Waals surface area contributed by atoms with Gasteiger partial charge in [0, 0.05) is 22.2 Å². The van der Waals surface area contributed by atoms with E-state index in [1.165, 1.54) is 15.3 Å². The Balaban J connectivity index is 1.90. The van der Waals surface area contributed by atoms with E-state index >= 15 is 0 Å². The Morgan fingerprint density at radius 3 is 2.59 bits per heavy atom. The second-order valence-corrected chi connectivity index (χ2v) is 6.35. The number of nitrogens with zero attached hydrogens (tertiary/aromatic N) is 1. The summed E-state index contributed by atoms with van der Waals surface area (Å²) >= 11 is 1.86. The van der Waals surface area contributed by atoms with Crippen LogP contribution in [0, 0.1) is 19.8 Å². The Hall–Kier alpha value is -0.870. The van der Waals surface area contributed by atoms with Crippen molar-refractivity contribution in [2.45, 2.75) is 33.2 Å². The number of hydrogen-bond acceptors (Lipinski definition) is 3. The van der Waals surface area contributed by atoms with Gasteiger partial charge >= 0.3 is 0 Å². The van der Waals surface area contributed by atoms with Gasteiger partial charge in [-0.1, -0.05) is 0 Å². The molecular formula is C13H20N2OS. The molecule has 1 saturated heterocycles. The summed E-state index contributed by atoms with van der Waals surface area (Å²) in [5.74, 6) is -0.0382. The smallest absolute Gasteiger partial charge is 0.220 e. The van der Waals surface area contributed by atoms with E-state index in [4.69, 9.17) is 5.73 Å². The molecular weight excluding hydrogens is 232 g/mol. The highest BCUT2D eigenvalue weighted by Gasteiger charge is 2.23.